The van der Waals surface area contributed by atoms with Gasteiger partial charge in [-0.15, -0.1) is 0 Å². The van der Waals surface area contributed by atoms with E-state index < -0.39 is 11.9 Å². The number of carbonyl (C=O) groups excluding carboxylic acids is 1. The van der Waals surface area contributed by atoms with Gasteiger partial charge in [0.05, 0.1) is 17.3 Å². The van der Waals surface area contributed by atoms with Gasteiger partial charge in [0.1, 0.15) is 0 Å². The van der Waals surface area contributed by atoms with Crippen molar-refractivity contribution in [2.75, 3.05) is 7.05 Å². The van der Waals surface area contributed by atoms with Crippen molar-refractivity contribution in [3.8, 4) is 11.5 Å². The fourth-order valence-corrected chi connectivity index (χ4v) is 2.71. The first-order valence-corrected chi connectivity index (χ1v) is 11.6. The molecule has 1 aliphatic carbocycles. The molecule has 33 heavy (non-hydrogen) atoms. The fourth-order valence-electron chi connectivity index (χ4n) is 2.71. The van der Waals surface area contributed by atoms with Crippen LogP contribution >= 0.6 is 0 Å². The van der Waals surface area contributed by atoms with Crippen LogP contribution in [0.15, 0.2) is 24.3 Å². The normalized spacial score (nSPS) is 15.9. The maximum absolute atomic E-state index is 11.0. The van der Waals surface area contributed by atoms with E-state index in [4.69, 9.17) is 29.0 Å². The topological polar surface area (TPSA) is 84.5 Å². The van der Waals surface area contributed by atoms with Gasteiger partial charge in [0.15, 0.2) is 11.5 Å². The van der Waals surface area contributed by atoms with E-state index in [0.29, 0.717) is 11.5 Å². The lowest BCUT2D eigenvalue weighted by Gasteiger charge is -2.37. The van der Waals surface area contributed by atoms with Gasteiger partial charge in [0.25, 0.3) is 0 Å². The number of ether oxygens (including phenoxy) is 2. The molecule has 8 heteroatoms. The smallest absolute Gasteiger partial charge is 0.412 e. The summed E-state index contributed by atoms with van der Waals surface area (Å²) in [6, 6.07) is 7.06. The Kier molecular flexibility index (Phi) is 11.6. The van der Waals surface area contributed by atoms with E-state index in [1.165, 1.54) is 13.5 Å². The molecule has 190 valence electrons. The maximum Gasteiger partial charge on any atom is 0.412 e. The molecular formula is C25H43NO7. The SMILES string of the molecule is CC(C)(C)OOC1(OOC(C)(C)C)CCCCC1.CNC(=O)Oc1ccccc1OC(C)C. The molecule has 1 aromatic rings. The van der Waals surface area contributed by atoms with Crippen LogP contribution in [0.1, 0.15) is 87.5 Å². The standard InChI is InChI=1S/C14H28O4.C11H15NO3/c1-12(2,3)15-17-14(10-8-7-9-11-14)18-16-13(4,5)6;1-8(2)14-9-6-4-5-7-10(9)15-11(13)12-3/h7-11H2,1-6H3;4-8H,1-3H3,(H,12,13). The quantitative estimate of drug-likeness (QED) is 0.284. The van der Waals surface area contributed by atoms with E-state index in [9.17, 15) is 4.79 Å². The number of hydrogen-bond donors (Lipinski definition) is 1. The number of para-hydroxylation sites is 2. The van der Waals surface area contributed by atoms with Crippen molar-refractivity contribution < 1.29 is 33.8 Å². The highest BCUT2D eigenvalue weighted by molar-refractivity contribution is 5.70. The molecule has 8 nitrogen and oxygen atoms in total. The van der Waals surface area contributed by atoms with Crippen molar-refractivity contribution in [3.63, 3.8) is 0 Å². The second-order valence-corrected chi connectivity index (χ2v) is 10.3. The average molecular weight is 470 g/mol. The van der Waals surface area contributed by atoms with Gasteiger partial charge in [-0.3, -0.25) is 0 Å². The summed E-state index contributed by atoms with van der Waals surface area (Å²) < 4.78 is 10.5. The molecule has 0 bridgehead atoms. The minimum atomic E-state index is -0.751. The summed E-state index contributed by atoms with van der Waals surface area (Å²) in [6.07, 6.45) is 4.49. The van der Waals surface area contributed by atoms with Crippen molar-refractivity contribution in [1.29, 1.82) is 0 Å². The largest absolute Gasteiger partial charge is 0.487 e. The number of benzene rings is 1. The zero-order valence-electron chi connectivity index (χ0n) is 21.8. The zero-order chi connectivity index (χ0) is 25.1. The third kappa shape index (κ3) is 12.8. The van der Waals surface area contributed by atoms with E-state index in [0.717, 1.165) is 25.7 Å². The van der Waals surface area contributed by atoms with E-state index in [-0.39, 0.29) is 17.3 Å². The Morgan fingerprint density at radius 1 is 0.879 bits per heavy atom. The van der Waals surface area contributed by atoms with Crippen LogP contribution < -0.4 is 14.8 Å². The molecule has 0 unspecified atom stereocenters. The lowest BCUT2D eigenvalue weighted by Crippen LogP contribution is -2.42. The highest BCUT2D eigenvalue weighted by Crippen LogP contribution is 2.35. The predicted molar refractivity (Wildman–Crippen MR) is 127 cm³/mol. The second-order valence-electron chi connectivity index (χ2n) is 10.3. The Morgan fingerprint density at radius 2 is 1.36 bits per heavy atom. The Labute approximate surface area is 199 Å². The summed E-state index contributed by atoms with van der Waals surface area (Å²) in [5.74, 6) is 0.236. The molecule has 1 fully saturated rings. The fraction of sp³-hybridized carbons (Fsp3) is 0.720. The van der Waals surface area contributed by atoms with Crippen LogP contribution in [0.4, 0.5) is 4.79 Å². The number of hydrogen-bond acceptors (Lipinski definition) is 7. The van der Waals surface area contributed by atoms with Crippen molar-refractivity contribution in [3.05, 3.63) is 24.3 Å². The molecule has 1 aliphatic rings. The lowest BCUT2D eigenvalue weighted by molar-refractivity contribution is -0.545. The molecule has 0 radical (unpaired) electrons. The minimum absolute atomic E-state index is 0.0411. The summed E-state index contributed by atoms with van der Waals surface area (Å²) in [6.45, 7) is 15.5. The number of nitrogens with one attached hydrogen (secondary N) is 1. The van der Waals surface area contributed by atoms with E-state index in [2.05, 4.69) is 5.32 Å². The van der Waals surface area contributed by atoms with E-state index >= 15 is 0 Å². The predicted octanol–water partition coefficient (Wildman–Crippen LogP) is 6.33. The highest BCUT2D eigenvalue weighted by atomic mass is 17.3. The van der Waals surface area contributed by atoms with Gasteiger partial charge in [0.2, 0.25) is 5.79 Å². The second kappa shape index (κ2) is 13.1. The molecule has 0 heterocycles. The van der Waals surface area contributed by atoms with E-state index in [1.54, 1.807) is 18.2 Å². The summed E-state index contributed by atoms with van der Waals surface area (Å²) >= 11 is 0. The van der Waals surface area contributed by atoms with Crippen molar-refractivity contribution in [1.82, 2.24) is 5.32 Å². The molecule has 2 rings (SSSR count). The van der Waals surface area contributed by atoms with Gasteiger partial charge in [-0.1, -0.05) is 18.6 Å². The number of carbonyl (C=O) groups is 1. The third-order valence-electron chi connectivity index (χ3n) is 4.12. The van der Waals surface area contributed by atoms with Gasteiger partial charge < -0.3 is 14.8 Å². The van der Waals surface area contributed by atoms with Crippen LogP contribution in [0.3, 0.4) is 0 Å². The molecule has 0 spiro atoms. The zero-order valence-corrected chi connectivity index (χ0v) is 21.8. The molecule has 1 aromatic carbocycles. The Hall–Kier alpha value is -1.87. The molecular weight excluding hydrogens is 426 g/mol. The van der Waals surface area contributed by atoms with Gasteiger partial charge in [0, 0.05) is 19.9 Å². The van der Waals surface area contributed by atoms with Crippen molar-refractivity contribution in [2.45, 2.75) is 111 Å². The first-order chi connectivity index (χ1) is 15.3. The lowest BCUT2D eigenvalue weighted by atomic mass is 9.94. The summed E-state index contributed by atoms with van der Waals surface area (Å²) in [7, 11) is 1.51. The van der Waals surface area contributed by atoms with Crippen LogP contribution in [0.5, 0.6) is 11.5 Å². The minimum Gasteiger partial charge on any atom is -0.487 e. The van der Waals surface area contributed by atoms with Gasteiger partial charge in [-0.05, 0) is 80.4 Å². The van der Waals surface area contributed by atoms with Crippen LogP contribution in [0, 0.1) is 0 Å². The maximum atomic E-state index is 11.0. The summed E-state index contributed by atoms with van der Waals surface area (Å²) in [5.41, 5.74) is -0.703. The van der Waals surface area contributed by atoms with Gasteiger partial charge in [-0.2, -0.15) is 9.78 Å². The molecule has 0 aliphatic heterocycles. The summed E-state index contributed by atoms with van der Waals surface area (Å²) in [5, 5.41) is 2.38. The van der Waals surface area contributed by atoms with Crippen LogP contribution in [0.2, 0.25) is 0 Å². The Balaban J connectivity index is 0.000000335. The van der Waals surface area contributed by atoms with Gasteiger partial charge in [-0.25, -0.2) is 14.6 Å². The number of rotatable bonds is 7. The third-order valence-corrected chi connectivity index (χ3v) is 4.12. The molecule has 0 atom stereocenters. The summed E-state index contributed by atoms with van der Waals surface area (Å²) in [4.78, 5) is 33.1. The monoisotopic (exact) mass is 469 g/mol. The first-order valence-electron chi connectivity index (χ1n) is 11.6. The van der Waals surface area contributed by atoms with Crippen LogP contribution in [-0.4, -0.2) is 36.2 Å². The number of amides is 1. The molecule has 0 aromatic heterocycles. The molecule has 1 N–H and O–H groups in total. The van der Waals surface area contributed by atoms with Crippen molar-refractivity contribution >= 4 is 6.09 Å². The first kappa shape index (κ1) is 29.2. The molecule has 1 saturated carbocycles. The van der Waals surface area contributed by atoms with Crippen LogP contribution in [-0.2, 0) is 19.6 Å². The average Bonchev–Trinajstić information content (AvgIpc) is 2.72. The Morgan fingerprint density at radius 3 is 1.79 bits per heavy atom. The van der Waals surface area contributed by atoms with Crippen LogP contribution in [0.25, 0.3) is 0 Å². The molecule has 0 saturated heterocycles. The van der Waals surface area contributed by atoms with E-state index in [1.807, 2.05) is 61.5 Å². The molecule has 1 amide bonds. The highest BCUT2D eigenvalue weighted by Gasteiger charge is 2.39. The van der Waals surface area contributed by atoms with Gasteiger partial charge >= 0.3 is 6.09 Å². The Bertz CT molecular complexity index is 681. The van der Waals surface area contributed by atoms with Crippen molar-refractivity contribution in [2.24, 2.45) is 0 Å².